The highest BCUT2D eigenvalue weighted by Gasteiger charge is 2.12. The Labute approximate surface area is 154 Å². The van der Waals surface area contributed by atoms with E-state index in [1.165, 1.54) is 0 Å². The second-order valence-corrected chi connectivity index (χ2v) is 6.63. The molecule has 2 aromatic carbocycles. The van der Waals surface area contributed by atoms with Crippen LogP contribution in [0.25, 0.3) is 10.9 Å². The molecule has 5 nitrogen and oxygen atoms in total. The lowest BCUT2D eigenvalue weighted by Gasteiger charge is -2.11. The van der Waals surface area contributed by atoms with Gasteiger partial charge in [0.25, 0.3) is 5.91 Å². The molecule has 0 atom stereocenters. The summed E-state index contributed by atoms with van der Waals surface area (Å²) in [5.74, 6) is 0.769. The van der Waals surface area contributed by atoms with Crippen LogP contribution in [-0.4, -0.2) is 42.6 Å². The van der Waals surface area contributed by atoms with Crippen molar-refractivity contribution in [3.63, 3.8) is 0 Å². The second-order valence-electron chi connectivity index (χ2n) is 6.63. The maximum atomic E-state index is 12.5. The van der Waals surface area contributed by atoms with E-state index >= 15 is 0 Å². The van der Waals surface area contributed by atoms with Crippen LogP contribution in [0.15, 0.2) is 54.6 Å². The third-order valence-corrected chi connectivity index (χ3v) is 4.37. The molecule has 0 radical (unpaired) electrons. The fourth-order valence-corrected chi connectivity index (χ4v) is 2.83. The van der Waals surface area contributed by atoms with Crippen LogP contribution in [0.1, 0.15) is 16.1 Å². The van der Waals surface area contributed by atoms with Gasteiger partial charge in [0.05, 0.1) is 0 Å². The molecule has 0 aliphatic rings. The molecule has 0 saturated heterocycles. The fourth-order valence-electron chi connectivity index (χ4n) is 2.83. The summed E-state index contributed by atoms with van der Waals surface area (Å²) >= 11 is 0. The van der Waals surface area contributed by atoms with Crippen molar-refractivity contribution in [2.45, 2.75) is 6.54 Å². The minimum Gasteiger partial charge on any atom is -0.492 e. The summed E-state index contributed by atoms with van der Waals surface area (Å²) in [6.45, 7) is 2.02. The molecule has 0 bridgehead atoms. The van der Waals surface area contributed by atoms with Crippen molar-refractivity contribution in [3.8, 4) is 5.75 Å². The molecular formula is C21H25N3O2. The Hall–Kier alpha value is -2.79. The smallest absolute Gasteiger partial charge is 0.268 e. The standard InChI is InChI=1S/C21H25N3O2/c1-23(2)12-13-26-18-10-8-16(9-11-18)15-22-21(25)20-14-17-6-4-5-7-19(17)24(20)3/h4-11,14H,12-13,15H2,1-3H3,(H,22,25). The third-order valence-electron chi connectivity index (χ3n) is 4.37. The van der Waals surface area contributed by atoms with E-state index in [4.69, 9.17) is 4.74 Å². The quantitative estimate of drug-likeness (QED) is 0.712. The zero-order valence-electron chi connectivity index (χ0n) is 15.5. The summed E-state index contributed by atoms with van der Waals surface area (Å²) in [5, 5.41) is 4.06. The topological polar surface area (TPSA) is 46.5 Å². The third kappa shape index (κ3) is 4.24. The summed E-state index contributed by atoms with van der Waals surface area (Å²) in [6.07, 6.45) is 0. The normalized spacial score (nSPS) is 11.1. The highest BCUT2D eigenvalue weighted by atomic mass is 16.5. The number of hydrogen-bond acceptors (Lipinski definition) is 3. The summed E-state index contributed by atoms with van der Waals surface area (Å²) in [5.41, 5.74) is 2.75. The number of amides is 1. The maximum absolute atomic E-state index is 12.5. The van der Waals surface area contributed by atoms with Gasteiger partial charge >= 0.3 is 0 Å². The lowest BCUT2D eigenvalue weighted by atomic mass is 10.2. The number of aromatic nitrogens is 1. The van der Waals surface area contributed by atoms with Crippen molar-refractivity contribution >= 4 is 16.8 Å². The SMILES string of the molecule is CN(C)CCOc1ccc(CNC(=O)c2cc3ccccc3n2C)cc1. The highest BCUT2D eigenvalue weighted by Crippen LogP contribution is 2.18. The van der Waals surface area contributed by atoms with Crippen LogP contribution in [0.4, 0.5) is 0 Å². The molecule has 136 valence electrons. The predicted molar refractivity (Wildman–Crippen MR) is 105 cm³/mol. The second kappa shape index (κ2) is 8.06. The highest BCUT2D eigenvalue weighted by molar-refractivity contribution is 5.98. The molecule has 5 heteroatoms. The van der Waals surface area contributed by atoms with Crippen LogP contribution >= 0.6 is 0 Å². The van der Waals surface area contributed by atoms with E-state index in [0.717, 1.165) is 28.8 Å². The van der Waals surface area contributed by atoms with Crippen molar-refractivity contribution in [1.29, 1.82) is 0 Å². The minimum absolute atomic E-state index is 0.0741. The first-order chi connectivity index (χ1) is 12.5. The first-order valence-electron chi connectivity index (χ1n) is 8.74. The van der Waals surface area contributed by atoms with Gasteiger partial charge in [0.2, 0.25) is 0 Å². The molecule has 0 spiro atoms. The van der Waals surface area contributed by atoms with Gasteiger partial charge in [0.15, 0.2) is 0 Å². The van der Waals surface area contributed by atoms with E-state index in [-0.39, 0.29) is 5.91 Å². The Morgan fingerprint density at radius 3 is 2.54 bits per heavy atom. The van der Waals surface area contributed by atoms with Crippen molar-refractivity contribution < 1.29 is 9.53 Å². The Kier molecular flexibility index (Phi) is 5.58. The van der Waals surface area contributed by atoms with Gasteiger partial charge in [0.1, 0.15) is 18.1 Å². The van der Waals surface area contributed by atoms with Crippen LogP contribution in [0.5, 0.6) is 5.75 Å². The summed E-state index contributed by atoms with van der Waals surface area (Å²) in [7, 11) is 5.95. The molecule has 0 unspecified atom stereocenters. The predicted octanol–water partition coefficient (Wildman–Crippen LogP) is 3.05. The molecule has 0 saturated carbocycles. The number of para-hydroxylation sites is 1. The summed E-state index contributed by atoms with van der Waals surface area (Å²) in [4.78, 5) is 14.6. The van der Waals surface area contributed by atoms with Crippen LogP contribution in [0, 0.1) is 0 Å². The van der Waals surface area contributed by atoms with E-state index in [1.807, 2.05) is 80.3 Å². The first kappa shape index (κ1) is 18.0. The number of nitrogens with one attached hydrogen (secondary N) is 1. The Balaban J connectivity index is 1.58. The molecule has 26 heavy (non-hydrogen) atoms. The summed E-state index contributed by atoms with van der Waals surface area (Å²) < 4.78 is 7.61. The molecule has 1 aromatic heterocycles. The van der Waals surface area contributed by atoms with Gasteiger partial charge in [-0.15, -0.1) is 0 Å². The van der Waals surface area contributed by atoms with Crippen molar-refractivity contribution in [2.75, 3.05) is 27.2 Å². The number of likely N-dealkylation sites (N-methyl/N-ethyl adjacent to an activating group) is 1. The zero-order valence-corrected chi connectivity index (χ0v) is 15.5. The molecule has 3 rings (SSSR count). The zero-order chi connectivity index (χ0) is 18.5. The van der Waals surface area contributed by atoms with Gasteiger partial charge in [-0.2, -0.15) is 0 Å². The van der Waals surface area contributed by atoms with Gasteiger partial charge in [-0.3, -0.25) is 4.79 Å². The van der Waals surface area contributed by atoms with Crippen molar-refractivity contribution in [3.05, 3.63) is 65.9 Å². The van der Waals surface area contributed by atoms with Crippen LogP contribution in [-0.2, 0) is 13.6 Å². The molecule has 1 N–H and O–H groups in total. The van der Waals surface area contributed by atoms with Crippen molar-refractivity contribution in [2.24, 2.45) is 7.05 Å². The number of ether oxygens (including phenoxy) is 1. The van der Waals surface area contributed by atoms with E-state index < -0.39 is 0 Å². The first-order valence-corrected chi connectivity index (χ1v) is 8.74. The lowest BCUT2D eigenvalue weighted by molar-refractivity contribution is 0.0943. The minimum atomic E-state index is -0.0741. The number of aryl methyl sites for hydroxylation is 1. The number of hydrogen-bond donors (Lipinski definition) is 1. The number of rotatable bonds is 7. The Morgan fingerprint density at radius 2 is 1.85 bits per heavy atom. The van der Waals surface area contributed by atoms with Crippen LogP contribution in [0.3, 0.4) is 0 Å². The molecule has 0 aliphatic carbocycles. The maximum Gasteiger partial charge on any atom is 0.268 e. The van der Waals surface area contributed by atoms with Gasteiger partial charge in [-0.05, 0) is 43.9 Å². The number of carbonyl (C=O) groups excluding carboxylic acids is 1. The van der Waals surface area contributed by atoms with E-state index in [2.05, 4.69) is 10.2 Å². The Bertz CT molecular complexity index is 882. The van der Waals surface area contributed by atoms with Crippen LogP contribution < -0.4 is 10.1 Å². The monoisotopic (exact) mass is 351 g/mol. The average Bonchev–Trinajstić information content (AvgIpc) is 2.98. The van der Waals surface area contributed by atoms with E-state index in [0.29, 0.717) is 18.8 Å². The lowest BCUT2D eigenvalue weighted by Crippen LogP contribution is -2.24. The molecule has 0 fully saturated rings. The molecule has 1 heterocycles. The largest absolute Gasteiger partial charge is 0.492 e. The van der Waals surface area contributed by atoms with Gasteiger partial charge < -0.3 is 19.5 Å². The van der Waals surface area contributed by atoms with E-state index in [1.54, 1.807) is 0 Å². The van der Waals surface area contributed by atoms with Gasteiger partial charge in [-0.1, -0.05) is 30.3 Å². The fraction of sp³-hybridized carbons (Fsp3) is 0.286. The summed E-state index contributed by atoms with van der Waals surface area (Å²) in [6, 6.07) is 17.7. The number of fused-ring (bicyclic) bond motifs is 1. The van der Waals surface area contributed by atoms with Gasteiger partial charge in [0, 0.05) is 31.0 Å². The molecule has 0 aliphatic heterocycles. The van der Waals surface area contributed by atoms with Gasteiger partial charge in [-0.25, -0.2) is 0 Å². The average molecular weight is 351 g/mol. The number of benzene rings is 2. The Morgan fingerprint density at radius 1 is 1.12 bits per heavy atom. The molecule has 3 aromatic rings. The number of nitrogens with zero attached hydrogens (tertiary/aromatic N) is 2. The number of carbonyl (C=O) groups is 1. The molecular weight excluding hydrogens is 326 g/mol. The van der Waals surface area contributed by atoms with Crippen molar-refractivity contribution in [1.82, 2.24) is 14.8 Å². The van der Waals surface area contributed by atoms with Crippen LogP contribution in [0.2, 0.25) is 0 Å². The molecule has 1 amide bonds. The van der Waals surface area contributed by atoms with E-state index in [9.17, 15) is 4.79 Å².